The molecule has 0 bridgehead atoms. The molecule has 1 heterocycles. The van der Waals surface area contributed by atoms with E-state index in [1.165, 1.54) is 0 Å². The fourth-order valence-corrected chi connectivity index (χ4v) is 1.09. The van der Waals surface area contributed by atoms with Gasteiger partial charge in [-0.3, -0.25) is 0 Å². The van der Waals surface area contributed by atoms with Crippen molar-refractivity contribution in [2.45, 2.75) is 38.3 Å². The summed E-state index contributed by atoms with van der Waals surface area (Å²) in [6.45, 7) is 1.84. The van der Waals surface area contributed by atoms with E-state index in [-0.39, 0.29) is 12.2 Å². The Labute approximate surface area is 54.3 Å². The summed E-state index contributed by atoms with van der Waals surface area (Å²) in [6, 6.07) is 0. The fraction of sp³-hybridized carbons (Fsp3) is 1.00. The van der Waals surface area contributed by atoms with Crippen LogP contribution >= 0.6 is 0 Å². The van der Waals surface area contributed by atoms with Crippen molar-refractivity contribution in [2.24, 2.45) is 0 Å². The van der Waals surface area contributed by atoms with Crippen molar-refractivity contribution >= 4 is 0 Å². The molecule has 0 aromatic carbocycles. The van der Waals surface area contributed by atoms with Crippen LogP contribution in [0, 0.1) is 0 Å². The van der Waals surface area contributed by atoms with Gasteiger partial charge < -0.3 is 14.9 Å². The van der Waals surface area contributed by atoms with Gasteiger partial charge in [0.25, 0.3) is 0 Å². The molecule has 1 aliphatic heterocycles. The molecular formula is C6H12O3. The van der Waals surface area contributed by atoms with Crippen LogP contribution in [0.15, 0.2) is 0 Å². The van der Waals surface area contributed by atoms with E-state index >= 15 is 0 Å². The summed E-state index contributed by atoms with van der Waals surface area (Å²) in [7, 11) is 0. The van der Waals surface area contributed by atoms with E-state index in [0.717, 1.165) is 0 Å². The Morgan fingerprint density at radius 3 is 2.44 bits per heavy atom. The van der Waals surface area contributed by atoms with Crippen LogP contribution in [0.3, 0.4) is 0 Å². The van der Waals surface area contributed by atoms with E-state index in [0.29, 0.717) is 12.8 Å². The zero-order valence-electron chi connectivity index (χ0n) is 5.45. The van der Waals surface area contributed by atoms with Gasteiger partial charge in [-0.1, -0.05) is 0 Å². The molecule has 0 aliphatic carbocycles. The molecule has 1 aliphatic rings. The van der Waals surface area contributed by atoms with Gasteiger partial charge in [-0.2, -0.15) is 0 Å². The van der Waals surface area contributed by atoms with E-state index < -0.39 is 6.29 Å². The largest absolute Gasteiger partial charge is 0.393 e. The average molecular weight is 132 g/mol. The summed E-state index contributed by atoms with van der Waals surface area (Å²) < 4.78 is 4.95. The van der Waals surface area contributed by atoms with Crippen LogP contribution in [0.2, 0.25) is 0 Å². The van der Waals surface area contributed by atoms with Crippen molar-refractivity contribution in [3.8, 4) is 0 Å². The van der Waals surface area contributed by atoms with Gasteiger partial charge >= 0.3 is 0 Å². The minimum absolute atomic E-state index is 0.0104. The van der Waals surface area contributed by atoms with Crippen molar-refractivity contribution in [1.29, 1.82) is 0 Å². The van der Waals surface area contributed by atoms with E-state index in [4.69, 9.17) is 14.9 Å². The Bertz CT molecular complexity index is 69.3. The van der Waals surface area contributed by atoms with Crippen molar-refractivity contribution < 1.29 is 14.9 Å². The molecule has 0 radical (unpaired) electrons. The maximum Gasteiger partial charge on any atom is 0.157 e. The lowest BCUT2D eigenvalue weighted by molar-refractivity contribution is -0.183. The third-order valence-corrected chi connectivity index (χ3v) is 1.47. The van der Waals surface area contributed by atoms with Crippen LogP contribution in [0.25, 0.3) is 0 Å². The van der Waals surface area contributed by atoms with Gasteiger partial charge in [0.1, 0.15) is 0 Å². The van der Waals surface area contributed by atoms with Crippen LogP contribution in [0.1, 0.15) is 19.8 Å². The van der Waals surface area contributed by atoms with Crippen molar-refractivity contribution in [1.82, 2.24) is 0 Å². The van der Waals surface area contributed by atoms with Crippen LogP contribution in [-0.2, 0) is 4.74 Å². The monoisotopic (exact) mass is 132 g/mol. The molecule has 0 amide bonds. The SMILES string of the molecule is CC1CC(O)C[C@H](O)O1. The highest BCUT2D eigenvalue weighted by molar-refractivity contribution is 4.68. The van der Waals surface area contributed by atoms with Gasteiger partial charge in [0.15, 0.2) is 6.29 Å². The number of hydrogen-bond donors (Lipinski definition) is 2. The molecule has 3 heteroatoms. The molecule has 3 atom stereocenters. The number of hydrogen-bond acceptors (Lipinski definition) is 3. The first kappa shape index (κ1) is 6.99. The van der Waals surface area contributed by atoms with Gasteiger partial charge in [-0.15, -0.1) is 0 Å². The molecule has 1 saturated heterocycles. The van der Waals surface area contributed by atoms with Gasteiger partial charge in [0.2, 0.25) is 0 Å². The Morgan fingerprint density at radius 1 is 1.33 bits per heavy atom. The van der Waals surface area contributed by atoms with Gasteiger partial charge in [0, 0.05) is 6.42 Å². The molecule has 1 rings (SSSR count). The Kier molecular flexibility index (Phi) is 2.05. The molecule has 2 unspecified atom stereocenters. The lowest BCUT2D eigenvalue weighted by atomic mass is 10.1. The lowest BCUT2D eigenvalue weighted by Crippen LogP contribution is -2.33. The van der Waals surface area contributed by atoms with Crippen molar-refractivity contribution in [2.75, 3.05) is 0 Å². The Morgan fingerprint density at radius 2 is 2.00 bits per heavy atom. The predicted molar refractivity (Wildman–Crippen MR) is 31.8 cm³/mol. The first-order valence-corrected chi connectivity index (χ1v) is 3.20. The second-order valence-corrected chi connectivity index (χ2v) is 2.53. The lowest BCUT2D eigenvalue weighted by Gasteiger charge is -2.27. The van der Waals surface area contributed by atoms with E-state index in [1.54, 1.807) is 0 Å². The van der Waals surface area contributed by atoms with E-state index in [2.05, 4.69) is 0 Å². The summed E-state index contributed by atoms with van der Waals surface area (Å²) in [4.78, 5) is 0. The van der Waals surface area contributed by atoms with Crippen LogP contribution in [0.4, 0.5) is 0 Å². The summed E-state index contributed by atoms with van der Waals surface area (Å²) in [6.07, 6.45) is -0.169. The number of aliphatic hydroxyl groups is 2. The highest BCUT2D eigenvalue weighted by atomic mass is 16.6. The molecule has 0 aromatic rings. The summed E-state index contributed by atoms with van der Waals surface area (Å²) >= 11 is 0. The minimum atomic E-state index is -0.760. The first-order valence-electron chi connectivity index (χ1n) is 3.20. The molecular weight excluding hydrogens is 120 g/mol. The van der Waals surface area contributed by atoms with Gasteiger partial charge in [-0.05, 0) is 13.3 Å². The molecule has 0 spiro atoms. The predicted octanol–water partition coefficient (Wildman–Crippen LogP) is -0.135. The molecule has 2 N–H and O–H groups in total. The second kappa shape index (κ2) is 2.64. The van der Waals surface area contributed by atoms with Gasteiger partial charge in [-0.25, -0.2) is 0 Å². The smallest absolute Gasteiger partial charge is 0.157 e. The molecule has 0 saturated carbocycles. The average Bonchev–Trinajstić information content (AvgIpc) is 1.59. The zero-order valence-corrected chi connectivity index (χ0v) is 5.45. The van der Waals surface area contributed by atoms with E-state index in [9.17, 15) is 0 Å². The summed E-state index contributed by atoms with van der Waals surface area (Å²) in [5.74, 6) is 0. The first-order chi connectivity index (χ1) is 4.18. The summed E-state index contributed by atoms with van der Waals surface area (Å²) in [5.41, 5.74) is 0. The standard InChI is InChI=1S/C6H12O3/c1-4-2-5(7)3-6(8)9-4/h4-8H,2-3H2,1H3/t4?,5?,6-/m1/s1. The maximum atomic E-state index is 9.01. The molecule has 0 aromatic heterocycles. The Hall–Kier alpha value is -0.120. The van der Waals surface area contributed by atoms with Crippen molar-refractivity contribution in [3.05, 3.63) is 0 Å². The van der Waals surface area contributed by atoms with Crippen LogP contribution < -0.4 is 0 Å². The van der Waals surface area contributed by atoms with E-state index in [1.807, 2.05) is 6.92 Å². The zero-order chi connectivity index (χ0) is 6.85. The highest BCUT2D eigenvalue weighted by Crippen LogP contribution is 2.16. The maximum absolute atomic E-state index is 9.01. The third kappa shape index (κ3) is 1.93. The Balaban J connectivity index is 2.34. The number of rotatable bonds is 0. The van der Waals surface area contributed by atoms with Crippen molar-refractivity contribution in [3.63, 3.8) is 0 Å². The van der Waals surface area contributed by atoms with Crippen LogP contribution in [0.5, 0.6) is 0 Å². The number of ether oxygens (including phenoxy) is 1. The molecule has 54 valence electrons. The topological polar surface area (TPSA) is 49.7 Å². The van der Waals surface area contributed by atoms with Crippen LogP contribution in [-0.4, -0.2) is 28.7 Å². The molecule has 9 heavy (non-hydrogen) atoms. The molecule has 1 fully saturated rings. The summed E-state index contributed by atoms with van der Waals surface area (Å²) in [5, 5.41) is 17.9. The number of aliphatic hydroxyl groups excluding tert-OH is 2. The third-order valence-electron chi connectivity index (χ3n) is 1.47. The normalized spacial score (nSPS) is 45.0. The van der Waals surface area contributed by atoms with Gasteiger partial charge in [0.05, 0.1) is 12.2 Å². The minimum Gasteiger partial charge on any atom is -0.393 e. The quantitative estimate of drug-likeness (QED) is 0.482. The second-order valence-electron chi connectivity index (χ2n) is 2.53. The fourth-order valence-electron chi connectivity index (χ4n) is 1.09. The highest BCUT2D eigenvalue weighted by Gasteiger charge is 2.23. The molecule has 3 nitrogen and oxygen atoms in total.